The summed E-state index contributed by atoms with van der Waals surface area (Å²) in [6.07, 6.45) is 0. The van der Waals surface area contributed by atoms with Crippen molar-refractivity contribution >= 4 is 65.4 Å². The van der Waals surface area contributed by atoms with E-state index in [1.165, 1.54) is 60.5 Å². The molecular formula is C50H30O2. The van der Waals surface area contributed by atoms with Gasteiger partial charge in [-0.3, -0.25) is 0 Å². The average molecular weight is 663 g/mol. The van der Waals surface area contributed by atoms with Crippen LogP contribution >= 0.6 is 0 Å². The lowest BCUT2D eigenvalue weighted by atomic mass is 9.85. The van der Waals surface area contributed by atoms with Gasteiger partial charge in [0.05, 0.1) is 0 Å². The van der Waals surface area contributed by atoms with Crippen LogP contribution < -0.4 is 0 Å². The average Bonchev–Trinajstić information content (AvgIpc) is 3.79. The summed E-state index contributed by atoms with van der Waals surface area (Å²) in [6.45, 7) is 0. The molecule has 0 N–H and O–H groups in total. The lowest BCUT2D eigenvalue weighted by Gasteiger charge is -2.18. The molecule has 2 heterocycles. The number of rotatable bonds is 4. The minimum Gasteiger partial charge on any atom is -0.456 e. The van der Waals surface area contributed by atoms with Gasteiger partial charge in [0.2, 0.25) is 0 Å². The Bertz CT molecular complexity index is 3120. The molecule has 11 rings (SSSR count). The maximum Gasteiger partial charge on any atom is 0.143 e. The van der Waals surface area contributed by atoms with E-state index in [0.717, 1.165) is 49.4 Å². The Hall–Kier alpha value is -6.90. The van der Waals surface area contributed by atoms with E-state index in [4.69, 9.17) is 8.83 Å². The van der Waals surface area contributed by atoms with Crippen LogP contribution in [0, 0.1) is 0 Å². The SMILES string of the molecule is c1ccc(-c2cccc3oc4ccccc4c23)c(-c2ccc(-c3c4ccccc4c(-c4cccc5c4oc4ccccc45)c4ccccc34)cc2)c1. The Morgan fingerprint density at radius 1 is 0.250 bits per heavy atom. The van der Waals surface area contributed by atoms with E-state index in [1.807, 2.05) is 18.2 Å². The lowest BCUT2D eigenvalue weighted by molar-refractivity contribution is 0.669. The summed E-state index contributed by atoms with van der Waals surface area (Å²) in [5.41, 5.74) is 13.1. The molecule has 0 aliphatic heterocycles. The molecular weight excluding hydrogens is 633 g/mol. The van der Waals surface area contributed by atoms with Crippen LogP contribution in [0.15, 0.2) is 191 Å². The number of fused-ring (bicyclic) bond motifs is 8. The van der Waals surface area contributed by atoms with Crippen molar-refractivity contribution in [3.8, 4) is 44.5 Å². The molecule has 52 heavy (non-hydrogen) atoms. The largest absolute Gasteiger partial charge is 0.456 e. The van der Waals surface area contributed by atoms with E-state index in [0.29, 0.717) is 0 Å². The van der Waals surface area contributed by atoms with Crippen molar-refractivity contribution in [2.75, 3.05) is 0 Å². The number of hydrogen-bond donors (Lipinski definition) is 0. The monoisotopic (exact) mass is 662 g/mol. The molecule has 0 aliphatic rings. The summed E-state index contributed by atoms with van der Waals surface area (Å²) in [6, 6.07) is 65.0. The molecule has 0 amide bonds. The van der Waals surface area contributed by atoms with Crippen molar-refractivity contribution in [1.29, 1.82) is 0 Å². The normalized spacial score (nSPS) is 11.8. The molecule has 0 saturated carbocycles. The minimum absolute atomic E-state index is 0.905. The quantitative estimate of drug-likeness (QED) is 0.175. The summed E-state index contributed by atoms with van der Waals surface area (Å²) in [5, 5.41) is 9.42. The highest BCUT2D eigenvalue weighted by Crippen LogP contribution is 2.47. The van der Waals surface area contributed by atoms with Crippen LogP contribution in [0.25, 0.3) is 110 Å². The molecule has 2 aromatic heterocycles. The molecule has 0 spiro atoms. The van der Waals surface area contributed by atoms with Crippen LogP contribution in [-0.2, 0) is 0 Å². The van der Waals surface area contributed by atoms with E-state index < -0.39 is 0 Å². The molecule has 0 fully saturated rings. The second kappa shape index (κ2) is 11.3. The predicted molar refractivity (Wildman–Crippen MR) is 218 cm³/mol. The third-order valence-electron chi connectivity index (χ3n) is 10.7. The van der Waals surface area contributed by atoms with Gasteiger partial charge >= 0.3 is 0 Å². The number of hydrogen-bond acceptors (Lipinski definition) is 2. The highest BCUT2D eigenvalue weighted by atomic mass is 16.3. The van der Waals surface area contributed by atoms with Gasteiger partial charge in [-0.05, 0) is 73.1 Å². The molecule has 0 bridgehead atoms. The first-order chi connectivity index (χ1) is 25.8. The van der Waals surface area contributed by atoms with Crippen LogP contribution in [0.3, 0.4) is 0 Å². The molecule has 0 aliphatic carbocycles. The van der Waals surface area contributed by atoms with Gasteiger partial charge in [-0.1, -0.05) is 164 Å². The Balaban J connectivity index is 1.10. The topological polar surface area (TPSA) is 26.3 Å². The van der Waals surface area contributed by atoms with E-state index in [9.17, 15) is 0 Å². The summed E-state index contributed by atoms with van der Waals surface area (Å²) in [7, 11) is 0. The van der Waals surface area contributed by atoms with E-state index in [-0.39, 0.29) is 0 Å². The molecule has 0 atom stereocenters. The van der Waals surface area contributed by atoms with Crippen LogP contribution in [0.2, 0.25) is 0 Å². The van der Waals surface area contributed by atoms with Gasteiger partial charge in [-0.25, -0.2) is 0 Å². The van der Waals surface area contributed by atoms with Crippen molar-refractivity contribution in [3.63, 3.8) is 0 Å². The smallest absolute Gasteiger partial charge is 0.143 e. The highest BCUT2D eigenvalue weighted by Gasteiger charge is 2.21. The zero-order chi connectivity index (χ0) is 34.2. The third-order valence-corrected chi connectivity index (χ3v) is 10.7. The van der Waals surface area contributed by atoms with Crippen LogP contribution in [-0.4, -0.2) is 0 Å². The Labute approximate surface area is 299 Å². The number of furan rings is 2. The molecule has 0 unspecified atom stereocenters. The first-order valence-electron chi connectivity index (χ1n) is 17.8. The zero-order valence-corrected chi connectivity index (χ0v) is 28.1. The number of benzene rings is 9. The van der Waals surface area contributed by atoms with E-state index in [1.54, 1.807) is 0 Å². The molecule has 2 nitrogen and oxygen atoms in total. The van der Waals surface area contributed by atoms with Gasteiger partial charge < -0.3 is 8.83 Å². The second-order valence-corrected chi connectivity index (χ2v) is 13.5. The van der Waals surface area contributed by atoms with Gasteiger partial charge in [0.25, 0.3) is 0 Å². The fourth-order valence-electron chi connectivity index (χ4n) is 8.46. The standard InChI is InChI=1S/C50H30O2/c1-2-14-34(36-21-12-26-46-49(36)42-20-8-10-25-45(42)51-46)33(13-1)31-27-29-32(30-28-31)47-37-16-3-5-18-39(37)48(40-19-6-4-17-38(40)47)43-23-11-22-41-35-15-7-9-24-44(35)52-50(41)43/h1-30H. The van der Waals surface area contributed by atoms with Crippen molar-refractivity contribution in [2.45, 2.75) is 0 Å². The van der Waals surface area contributed by atoms with Gasteiger partial charge in [0.1, 0.15) is 22.3 Å². The summed E-state index contributed by atoms with van der Waals surface area (Å²) < 4.78 is 12.8. The van der Waals surface area contributed by atoms with Crippen molar-refractivity contribution in [2.24, 2.45) is 0 Å². The summed E-state index contributed by atoms with van der Waals surface area (Å²) in [5.74, 6) is 0. The predicted octanol–water partition coefficient (Wildman–Crippen LogP) is 14.5. The summed E-state index contributed by atoms with van der Waals surface area (Å²) in [4.78, 5) is 0. The maximum absolute atomic E-state index is 6.58. The van der Waals surface area contributed by atoms with Crippen LogP contribution in [0.1, 0.15) is 0 Å². The van der Waals surface area contributed by atoms with Gasteiger partial charge in [-0.2, -0.15) is 0 Å². The third kappa shape index (κ3) is 4.25. The van der Waals surface area contributed by atoms with Gasteiger partial charge in [0, 0.05) is 32.7 Å². The first kappa shape index (κ1) is 28.9. The molecule has 2 heteroatoms. The summed E-state index contributed by atoms with van der Waals surface area (Å²) >= 11 is 0. The Morgan fingerprint density at radius 3 is 1.42 bits per heavy atom. The fraction of sp³-hybridized carbons (Fsp3) is 0. The van der Waals surface area contributed by atoms with E-state index >= 15 is 0 Å². The van der Waals surface area contributed by atoms with Gasteiger partial charge in [0.15, 0.2) is 0 Å². The van der Waals surface area contributed by atoms with Crippen molar-refractivity contribution in [3.05, 3.63) is 182 Å². The number of para-hydroxylation sites is 3. The lowest BCUT2D eigenvalue weighted by Crippen LogP contribution is -1.91. The molecule has 11 aromatic rings. The van der Waals surface area contributed by atoms with Gasteiger partial charge in [-0.15, -0.1) is 0 Å². The van der Waals surface area contributed by atoms with E-state index in [2.05, 4.69) is 164 Å². The second-order valence-electron chi connectivity index (χ2n) is 13.5. The Morgan fingerprint density at radius 2 is 0.712 bits per heavy atom. The van der Waals surface area contributed by atoms with Crippen LogP contribution in [0.5, 0.6) is 0 Å². The molecule has 0 radical (unpaired) electrons. The Kier molecular flexibility index (Phi) is 6.28. The molecule has 0 saturated heterocycles. The minimum atomic E-state index is 0.905. The van der Waals surface area contributed by atoms with Crippen molar-refractivity contribution < 1.29 is 8.83 Å². The van der Waals surface area contributed by atoms with Crippen molar-refractivity contribution in [1.82, 2.24) is 0 Å². The highest BCUT2D eigenvalue weighted by molar-refractivity contribution is 6.24. The molecule has 242 valence electrons. The maximum atomic E-state index is 6.58. The zero-order valence-electron chi connectivity index (χ0n) is 28.1. The first-order valence-corrected chi connectivity index (χ1v) is 17.8. The fourth-order valence-corrected chi connectivity index (χ4v) is 8.46. The van der Waals surface area contributed by atoms with Crippen LogP contribution in [0.4, 0.5) is 0 Å². The molecule has 9 aromatic carbocycles.